The third-order valence-corrected chi connectivity index (χ3v) is 3.63. The van der Waals surface area contributed by atoms with Crippen LogP contribution in [0.2, 0.25) is 0 Å². The summed E-state index contributed by atoms with van der Waals surface area (Å²) < 4.78 is 13.7. The molecule has 2 nitrogen and oxygen atoms in total. The quantitative estimate of drug-likeness (QED) is 0.834. The van der Waals surface area contributed by atoms with E-state index < -0.39 is 0 Å². The van der Waals surface area contributed by atoms with Crippen LogP contribution >= 0.6 is 0 Å². The molecule has 1 aromatic carbocycles. The molecule has 0 saturated carbocycles. The van der Waals surface area contributed by atoms with E-state index in [0.29, 0.717) is 6.42 Å². The molecule has 1 aliphatic rings. The van der Waals surface area contributed by atoms with Gasteiger partial charge < -0.3 is 10.3 Å². The third-order valence-electron chi connectivity index (χ3n) is 3.63. The Bertz CT molecular complexity index is 610. The topological polar surface area (TPSA) is 27.8 Å². The van der Waals surface area contributed by atoms with Crippen molar-refractivity contribution in [2.75, 3.05) is 13.1 Å². The number of aromatic amines is 1. The first kappa shape index (κ1) is 11.5. The number of H-pyrrole nitrogens is 1. The molecule has 0 bridgehead atoms. The minimum atomic E-state index is -0.117. The maximum absolute atomic E-state index is 13.7. The average Bonchev–Trinajstić information content (AvgIpc) is 2.83. The van der Waals surface area contributed by atoms with E-state index in [0.717, 1.165) is 36.0 Å². The zero-order valence-electron chi connectivity index (χ0n) is 10.5. The standard InChI is InChI=1S/C15H17FN2/c1-2-11-14(16)6-5-12-13(9-18-15(11)12)10-4-3-7-17-8-10/h4-6,9,17-18H,2-3,7-8H2,1H3. The molecule has 1 aromatic heterocycles. The van der Waals surface area contributed by atoms with Crippen LogP contribution in [-0.4, -0.2) is 18.1 Å². The third kappa shape index (κ3) is 1.75. The molecule has 0 spiro atoms. The Kier molecular flexibility index (Phi) is 2.92. The number of aromatic nitrogens is 1. The Morgan fingerprint density at radius 1 is 1.33 bits per heavy atom. The van der Waals surface area contributed by atoms with Gasteiger partial charge in [-0.15, -0.1) is 0 Å². The molecule has 1 aliphatic heterocycles. The summed E-state index contributed by atoms with van der Waals surface area (Å²) in [4.78, 5) is 3.24. The molecule has 3 heteroatoms. The lowest BCUT2D eigenvalue weighted by Gasteiger charge is -2.13. The number of nitrogens with one attached hydrogen (secondary N) is 2. The van der Waals surface area contributed by atoms with Crippen LogP contribution in [0.1, 0.15) is 24.5 Å². The van der Waals surface area contributed by atoms with Gasteiger partial charge in [-0.3, -0.25) is 0 Å². The summed E-state index contributed by atoms with van der Waals surface area (Å²) in [6.07, 6.45) is 6.04. The molecule has 0 saturated heterocycles. The van der Waals surface area contributed by atoms with E-state index in [1.807, 2.05) is 19.2 Å². The highest BCUT2D eigenvalue weighted by Crippen LogP contribution is 2.29. The number of benzene rings is 1. The molecule has 0 aliphatic carbocycles. The maximum atomic E-state index is 13.7. The van der Waals surface area contributed by atoms with Crippen LogP contribution in [0.5, 0.6) is 0 Å². The minimum absolute atomic E-state index is 0.117. The van der Waals surface area contributed by atoms with Gasteiger partial charge in [0.1, 0.15) is 5.82 Å². The molecule has 0 atom stereocenters. The van der Waals surface area contributed by atoms with Gasteiger partial charge in [0.15, 0.2) is 0 Å². The van der Waals surface area contributed by atoms with Crippen molar-refractivity contribution in [3.8, 4) is 0 Å². The Labute approximate surface area is 106 Å². The van der Waals surface area contributed by atoms with Crippen LogP contribution in [0, 0.1) is 5.82 Å². The largest absolute Gasteiger partial charge is 0.360 e. The van der Waals surface area contributed by atoms with Crippen molar-refractivity contribution in [3.05, 3.63) is 41.3 Å². The van der Waals surface area contributed by atoms with Crippen molar-refractivity contribution in [1.82, 2.24) is 10.3 Å². The molecule has 0 unspecified atom stereocenters. The van der Waals surface area contributed by atoms with Crippen LogP contribution < -0.4 is 5.32 Å². The molecule has 3 rings (SSSR count). The zero-order valence-corrected chi connectivity index (χ0v) is 10.5. The summed E-state index contributed by atoms with van der Waals surface area (Å²) in [7, 11) is 0. The second-order valence-corrected chi connectivity index (χ2v) is 4.70. The number of aryl methyl sites for hydroxylation is 1. The smallest absolute Gasteiger partial charge is 0.128 e. The highest BCUT2D eigenvalue weighted by Gasteiger charge is 2.14. The summed E-state index contributed by atoms with van der Waals surface area (Å²) >= 11 is 0. The first-order chi connectivity index (χ1) is 8.81. The molecule has 94 valence electrons. The fourth-order valence-electron chi connectivity index (χ4n) is 2.69. The summed E-state index contributed by atoms with van der Waals surface area (Å²) in [5, 5.41) is 4.50. The highest BCUT2D eigenvalue weighted by molar-refractivity contribution is 5.94. The Hall–Kier alpha value is -1.61. The molecular weight excluding hydrogens is 227 g/mol. The number of hydrogen-bond donors (Lipinski definition) is 2. The number of halogens is 1. The molecular formula is C15H17FN2. The van der Waals surface area contributed by atoms with Gasteiger partial charge in [0.25, 0.3) is 0 Å². The van der Waals surface area contributed by atoms with Crippen molar-refractivity contribution in [3.63, 3.8) is 0 Å². The number of fused-ring (bicyclic) bond motifs is 1. The van der Waals surface area contributed by atoms with Gasteiger partial charge in [-0.25, -0.2) is 4.39 Å². The molecule has 2 aromatic rings. The predicted octanol–water partition coefficient (Wildman–Crippen LogP) is 3.25. The van der Waals surface area contributed by atoms with E-state index in [1.54, 1.807) is 6.07 Å². The van der Waals surface area contributed by atoms with Gasteiger partial charge in [-0.05, 0) is 37.1 Å². The molecule has 2 N–H and O–H groups in total. The Morgan fingerprint density at radius 3 is 2.94 bits per heavy atom. The van der Waals surface area contributed by atoms with E-state index in [4.69, 9.17) is 0 Å². The molecule has 18 heavy (non-hydrogen) atoms. The summed E-state index contributed by atoms with van der Waals surface area (Å²) in [6, 6.07) is 3.46. The van der Waals surface area contributed by atoms with Crippen molar-refractivity contribution >= 4 is 16.5 Å². The van der Waals surface area contributed by atoms with Gasteiger partial charge in [-0.2, -0.15) is 0 Å². The second kappa shape index (κ2) is 4.58. The molecule has 0 radical (unpaired) electrons. The monoisotopic (exact) mass is 244 g/mol. The summed E-state index contributed by atoms with van der Waals surface area (Å²) in [6.45, 7) is 3.92. The zero-order chi connectivity index (χ0) is 12.5. The van der Waals surface area contributed by atoms with Crippen LogP contribution in [0.3, 0.4) is 0 Å². The van der Waals surface area contributed by atoms with Crippen molar-refractivity contribution in [2.45, 2.75) is 19.8 Å². The van der Waals surface area contributed by atoms with Crippen LogP contribution in [0.4, 0.5) is 4.39 Å². The van der Waals surface area contributed by atoms with E-state index in [9.17, 15) is 4.39 Å². The minimum Gasteiger partial charge on any atom is -0.360 e. The lowest BCUT2D eigenvalue weighted by atomic mass is 9.99. The Balaban J connectivity index is 2.18. The lowest BCUT2D eigenvalue weighted by Crippen LogP contribution is -2.21. The van der Waals surface area contributed by atoms with Crippen molar-refractivity contribution in [2.24, 2.45) is 0 Å². The fourth-order valence-corrected chi connectivity index (χ4v) is 2.69. The van der Waals surface area contributed by atoms with Gasteiger partial charge in [0, 0.05) is 29.3 Å². The van der Waals surface area contributed by atoms with Crippen LogP contribution in [0.15, 0.2) is 24.4 Å². The summed E-state index contributed by atoms with van der Waals surface area (Å²) in [5.74, 6) is -0.117. The predicted molar refractivity (Wildman–Crippen MR) is 73.1 cm³/mol. The van der Waals surface area contributed by atoms with E-state index >= 15 is 0 Å². The van der Waals surface area contributed by atoms with Crippen LogP contribution in [0.25, 0.3) is 16.5 Å². The first-order valence-corrected chi connectivity index (χ1v) is 6.50. The number of rotatable bonds is 2. The van der Waals surface area contributed by atoms with Gasteiger partial charge in [-0.1, -0.05) is 13.0 Å². The van der Waals surface area contributed by atoms with Gasteiger partial charge >= 0.3 is 0 Å². The van der Waals surface area contributed by atoms with Gasteiger partial charge in [0.2, 0.25) is 0 Å². The molecule has 2 heterocycles. The average molecular weight is 244 g/mol. The van der Waals surface area contributed by atoms with Crippen LogP contribution in [-0.2, 0) is 6.42 Å². The second-order valence-electron chi connectivity index (χ2n) is 4.70. The fraction of sp³-hybridized carbons (Fsp3) is 0.333. The van der Waals surface area contributed by atoms with E-state index in [2.05, 4.69) is 16.4 Å². The van der Waals surface area contributed by atoms with Crippen molar-refractivity contribution < 1.29 is 4.39 Å². The first-order valence-electron chi connectivity index (χ1n) is 6.50. The molecule has 0 amide bonds. The SMILES string of the molecule is CCc1c(F)ccc2c(C3=CCCNC3)c[nH]c12. The van der Waals surface area contributed by atoms with Gasteiger partial charge in [0.05, 0.1) is 5.52 Å². The lowest BCUT2D eigenvalue weighted by molar-refractivity contribution is 0.614. The highest BCUT2D eigenvalue weighted by atomic mass is 19.1. The van der Waals surface area contributed by atoms with E-state index in [1.165, 1.54) is 11.1 Å². The van der Waals surface area contributed by atoms with E-state index in [-0.39, 0.29) is 5.82 Å². The number of hydrogen-bond acceptors (Lipinski definition) is 1. The maximum Gasteiger partial charge on any atom is 0.128 e. The summed E-state index contributed by atoms with van der Waals surface area (Å²) in [5.41, 5.74) is 4.23. The Morgan fingerprint density at radius 2 is 2.22 bits per heavy atom. The normalized spacial score (nSPS) is 16.0. The van der Waals surface area contributed by atoms with Crippen molar-refractivity contribution in [1.29, 1.82) is 0 Å². The molecule has 0 fully saturated rings.